The Labute approximate surface area is 161 Å². The predicted molar refractivity (Wildman–Crippen MR) is 109 cm³/mol. The topological polar surface area (TPSA) is 81.2 Å². The number of aromatic nitrogens is 2. The molecule has 6 nitrogen and oxygen atoms in total. The molecule has 0 fully saturated rings. The lowest BCUT2D eigenvalue weighted by molar-refractivity contribution is 0.484. The fourth-order valence-electron chi connectivity index (χ4n) is 3.09. The third-order valence-electron chi connectivity index (χ3n) is 4.56. The molecule has 2 heterocycles. The third-order valence-corrected chi connectivity index (χ3v) is 5.67. The van der Waals surface area contributed by atoms with Crippen LogP contribution in [0.1, 0.15) is 0 Å². The highest BCUT2D eigenvalue weighted by molar-refractivity contribution is 7.90. The zero-order valence-electron chi connectivity index (χ0n) is 15.3. The molecule has 28 heavy (non-hydrogen) atoms. The van der Waals surface area contributed by atoms with E-state index in [0.717, 1.165) is 6.26 Å². The summed E-state index contributed by atoms with van der Waals surface area (Å²) in [4.78, 5) is 15.6. The van der Waals surface area contributed by atoms with E-state index in [4.69, 9.17) is 4.74 Å². The van der Waals surface area contributed by atoms with Crippen molar-refractivity contribution in [1.82, 2.24) is 9.55 Å². The minimum Gasteiger partial charge on any atom is -0.457 e. The Morgan fingerprint density at radius 3 is 2.46 bits per heavy atom. The summed E-state index contributed by atoms with van der Waals surface area (Å²) in [5.41, 5.74) is 1.58. The van der Waals surface area contributed by atoms with Gasteiger partial charge in [0, 0.05) is 42.2 Å². The summed E-state index contributed by atoms with van der Waals surface area (Å²) in [6, 6.07) is 15.8. The summed E-state index contributed by atoms with van der Waals surface area (Å²) in [6.07, 6.45) is 4.54. The molecule has 1 N–H and O–H groups in total. The summed E-state index contributed by atoms with van der Waals surface area (Å²) in [7, 11) is -1.73. The molecule has 4 aromatic rings. The van der Waals surface area contributed by atoms with Gasteiger partial charge in [-0.2, -0.15) is 0 Å². The van der Waals surface area contributed by atoms with Crippen LogP contribution >= 0.6 is 0 Å². The fourth-order valence-corrected chi connectivity index (χ4v) is 3.74. The van der Waals surface area contributed by atoms with Crippen molar-refractivity contribution in [1.29, 1.82) is 0 Å². The van der Waals surface area contributed by atoms with Gasteiger partial charge in [0.1, 0.15) is 17.0 Å². The predicted octanol–water partition coefficient (Wildman–Crippen LogP) is 3.73. The van der Waals surface area contributed by atoms with Crippen LogP contribution in [-0.2, 0) is 16.9 Å². The number of hydrogen-bond acceptors (Lipinski definition) is 4. The molecule has 0 saturated carbocycles. The van der Waals surface area contributed by atoms with Crippen molar-refractivity contribution in [3.8, 4) is 22.6 Å². The van der Waals surface area contributed by atoms with Crippen LogP contribution < -0.4 is 10.3 Å². The Kier molecular flexibility index (Phi) is 4.31. The van der Waals surface area contributed by atoms with Crippen LogP contribution in [0, 0.1) is 0 Å². The number of aromatic amines is 1. The normalized spacial score (nSPS) is 11.6. The average molecular weight is 394 g/mol. The van der Waals surface area contributed by atoms with Crippen molar-refractivity contribution in [2.24, 2.45) is 7.05 Å². The van der Waals surface area contributed by atoms with E-state index < -0.39 is 9.84 Å². The Morgan fingerprint density at radius 2 is 1.75 bits per heavy atom. The molecule has 0 atom stereocenters. The number of ether oxygens (including phenoxy) is 1. The summed E-state index contributed by atoms with van der Waals surface area (Å²) < 4.78 is 31.7. The van der Waals surface area contributed by atoms with E-state index in [9.17, 15) is 13.2 Å². The molecule has 0 radical (unpaired) electrons. The molecule has 2 aromatic heterocycles. The van der Waals surface area contributed by atoms with Gasteiger partial charge in [-0.05, 0) is 36.4 Å². The van der Waals surface area contributed by atoms with Crippen LogP contribution in [0.15, 0.2) is 76.7 Å². The lowest BCUT2D eigenvalue weighted by Crippen LogP contribution is -2.15. The SMILES string of the molecule is Cn1ccc2c(-c3cc(S(C)(=O)=O)ccc3Oc3ccccc3)c[nH]c2c1=O. The highest BCUT2D eigenvalue weighted by Crippen LogP contribution is 2.38. The molecule has 142 valence electrons. The highest BCUT2D eigenvalue weighted by atomic mass is 32.2. The van der Waals surface area contributed by atoms with E-state index >= 15 is 0 Å². The number of sulfone groups is 1. The second-order valence-corrected chi connectivity index (χ2v) is 8.58. The van der Waals surface area contributed by atoms with Gasteiger partial charge in [-0.25, -0.2) is 8.42 Å². The van der Waals surface area contributed by atoms with Crippen molar-refractivity contribution >= 4 is 20.7 Å². The first-order chi connectivity index (χ1) is 13.3. The maximum absolute atomic E-state index is 12.4. The number of H-pyrrole nitrogens is 1. The fraction of sp³-hybridized carbons (Fsp3) is 0.0952. The van der Waals surface area contributed by atoms with Crippen molar-refractivity contribution in [3.05, 3.63) is 77.3 Å². The first-order valence-electron chi connectivity index (χ1n) is 8.59. The number of pyridine rings is 1. The second-order valence-electron chi connectivity index (χ2n) is 6.57. The number of nitrogens with zero attached hydrogens (tertiary/aromatic N) is 1. The van der Waals surface area contributed by atoms with Gasteiger partial charge in [-0.3, -0.25) is 4.79 Å². The van der Waals surface area contributed by atoms with Crippen LogP contribution in [0.3, 0.4) is 0 Å². The summed E-state index contributed by atoms with van der Waals surface area (Å²) >= 11 is 0. The van der Waals surface area contributed by atoms with E-state index in [-0.39, 0.29) is 10.5 Å². The first-order valence-corrected chi connectivity index (χ1v) is 10.5. The number of para-hydroxylation sites is 1. The minimum absolute atomic E-state index is 0.159. The van der Waals surface area contributed by atoms with E-state index in [1.807, 2.05) is 36.4 Å². The lowest BCUT2D eigenvalue weighted by atomic mass is 10.0. The van der Waals surface area contributed by atoms with E-state index in [1.165, 1.54) is 10.6 Å². The summed E-state index contributed by atoms with van der Waals surface area (Å²) in [5, 5.41) is 0.701. The van der Waals surface area contributed by atoms with E-state index in [0.29, 0.717) is 33.5 Å². The number of benzene rings is 2. The lowest BCUT2D eigenvalue weighted by Gasteiger charge is -2.12. The minimum atomic E-state index is -3.41. The van der Waals surface area contributed by atoms with Gasteiger partial charge in [-0.1, -0.05) is 18.2 Å². The second kappa shape index (κ2) is 6.69. The third kappa shape index (κ3) is 3.20. The Hall–Kier alpha value is -3.32. The van der Waals surface area contributed by atoms with Gasteiger partial charge in [0.25, 0.3) is 5.56 Å². The van der Waals surface area contributed by atoms with Gasteiger partial charge in [0.15, 0.2) is 9.84 Å². The Bertz CT molecular complexity index is 1340. The van der Waals surface area contributed by atoms with Gasteiger partial charge < -0.3 is 14.3 Å². The standard InChI is InChI=1S/C21H18N2O4S/c1-23-11-10-16-18(13-22-20(16)21(23)24)17-12-15(28(2,25)26)8-9-19(17)27-14-6-4-3-5-7-14/h3-13,22H,1-2H3. The quantitative estimate of drug-likeness (QED) is 0.572. The van der Waals surface area contributed by atoms with Gasteiger partial charge in [0.2, 0.25) is 0 Å². The summed E-state index contributed by atoms with van der Waals surface area (Å²) in [6.45, 7) is 0. The van der Waals surface area contributed by atoms with Gasteiger partial charge in [0.05, 0.1) is 4.90 Å². The molecule has 4 rings (SSSR count). The summed E-state index contributed by atoms with van der Waals surface area (Å²) in [5.74, 6) is 1.13. The van der Waals surface area contributed by atoms with Gasteiger partial charge >= 0.3 is 0 Å². The molecular weight excluding hydrogens is 376 g/mol. The monoisotopic (exact) mass is 394 g/mol. The van der Waals surface area contributed by atoms with Crippen LogP contribution in [0.4, 0.5) is 0 Å². The molecule has 0 aliphatic heterocycles. The van der Waals surface area contributed by atoms with Crippen LogP contribution in [0.2, 0.25) is 0 Å². The molecule has 0 saturated heterocycles. The Balaban J connectivity index is 1.96. The number of fused-ring (bicyclic) bond motifs is 1. The van der Waals surface area contributed by atoms with E-state index in [1.54, 1.807) is 31.6 Å². The number of nitrogens with one attached hydrogen (secondary N) is 1. The number of aryl methyl sites for hydroxylation is 1. The van der Waals surface area contributed by atoms with Gasteiger partial charge in [-0.15, -0.1) is 0 Å². The molecular formula is C21H18N2O4S. The average Bonchev–Trinajstić information content (AvgIpc) is 3.09. The van der Waals surface area contributed by atoms with Crippen LogP contribution in [0.25, 0.3) is 22.0 Å². The first kappa shape index (κ1) is 18.1. The smallest absolute Gasteiger partial charge is 0.274 e. The zero-order chi connectivity index (χ0) is 19.9. The molecule has 7 heteroatoms. The van der Waals surface area contributed by atoms with Crippen molar-refractivity contribution in [3.63, 3.8) is 0 Å². The maximum atomic E-state index is 12.4. The van der Waals surface area contributed by atoms with Crippen LogP contribution in [0.5, 0.6) is 11.5 Å². The van der Waals surface area contributed by atoms with E-state index in [2.05, 4.69) is 4.98 Å². The zero-order valence-corrected chi connectivity index (χ0v) is 16.2. The van der Waals surface area contributed by atoms with Crippen molar-refractivity contribution in [2.75, 3.05) is 6.26 Å². The number of rotatable bonds is 4. The molecule has 0 aliphatic carbocycles. The van der Waals surface area contributed by atoms with Crippen LogP contribution in [-0.4, -0.2) is 24.2 Å². The highest BCUT2D eigenvalue weighted by Gasteiger charge is 2.18. The van der Waals surface area contributed by atoms with Crippen molar-refractivity contribution in [2.45, 2.75) is 4.90 Å². The Morgan fingerprint density at radius 1 is 1.00 bits per heavy atom. The van der Waals surface area contributed by atoms with Crippen molar-refractivity contribution < 1.29 is 13.2 Å². The molecule has 0 bridgehead atoms. The largest absolute Gasteiger partial charge is 0.457 e. The molecule has 0 aliphatic rings. The molecule has 2 aromatic carbocycles. The maximum Gasteiger partial charge on any atom is 0.274 e. The molecule has 0 unspecified atom stereocenters. The number of hydrogen-bond donors (Lipinski definition) is 1. The molecule has 0 spiro atoms. The molecule has 0 amide bonds.